The number of aromatic nitrogens is 1. The van der Waals surface area contributed by atoms with Crippen LogP contribution in [0.15, 0.2) is 17.1 Å². The number of hydrogen-bond donors (Lipinski definition) is 2. The number of hydrogen-bond acceptors (Lipinski definition) is 4. The number of pyridine rings is 1. The molecule has 0 radical (unpaired) electrons. The van der Waals surface area contributed by atoms with Crippen molar-refractivity contribution >= 4 is 28.5 Å². The Bertz CT molecular complexity index is 937. The van der Waals surface area contributed by atoms with Gasteiger partial charge in [0, 0.05) is 18.3 Å². The van der Waals surface area contributed by atoms with E-state index in [0.717, 1.165) is 18.9 Å². The monoisotopic (exact) mass is 382 g/mol. The number of carbonyl (C=O) groups is 1. The Morgan fingerprint density at radius 1 is 1.50 bits per heavy atom. The first-order valence-electron chi connectivity index (χ1n) is 8.40. The van der Waals surface area contributed by atoms with Crippen LogP contribution in [0, 0.1) is 11.7 Å². The molecule has 3 rings (SSSR count). The maximum absolute atomic E-state index is 14.5. The molecule has 1 unspecified atom stereocenters. The lowest BCUT2D eigenvalue weighted by Crippen LogP contribution is -2.33. The minimum atomic E-state index is -1.36. The minimum absolute atomic E-state index is 0.0323. The van der Waals surface area contributed by atoms with Crippen LogP contribution in [0.2, 0.25) is 5.02 Å². The van der Waals surface area contributed by atoms with Crippen LogP contribution < -0.4 is 15.9 Å². The summed E-state index contributed by atoms with van der Waals surface area (Å²) in [7, 11) is 0. The Kier molecular flexibility index (Phi) is 4.94. The fourth-order valence-electron chi connectivity index (χ4n) is 2.72. The summed E-state index contributed by atoms with van der Waals surface area (Å²) < 4.78 is 21.7. The molecular formula is C18H20ClFN2O4. The van der Waals surface area contributed by atoms with Gasteiger partial charge in [-0.15, -0.1) is 0 Å². The number of benzene rings is 1. The van der Waals surface area contributed by atoms with E-state index in [4.69, 9.17) is 22.1 Å². The normalized spacial score (nSPS) is 15.5. The number of rotatable bonds is 6. The molecule has 1 heterocycles. The number of ether oxygens (including phenoxy) is 1. The highest BCUT2D eigenvalue weighted by Gasteiger charge is 2.29. The van der Waals surface area contributed by atoms with E-state index in [9.17, 15) is 19.1 Å². The zero-order chi connectivity index (χ0) is 19.2. The van der Waals surface area contributed by atoms with Crippen molar-refractivity contribution in [3.63, 3.8) is 0 Å². The Morgan fingerprint density at radius 3 is 2.69 bits per heavy atom. The van der Waals surface area contributed by atoms with E-state index in [0.29, 0.717) is 5.52 Å². The average molecular weight is 383 g/mol. The molecule has 1 aromatic heterocycles. The van der Waals surface area contributed by atoms with Crippen LogP contribution in [0.4, 0.5) is 4.39 Å². The maximum Gasteiger partial charge on any atom is 0.341 e. The molecule has 3 N–H and O–H groups in total. The largest absolute Gasteiger partial charge is 0.487 e. The Balaban J connectivity index is 2.18. The molecule has 1 fully saturated rings. The van der Waals surface area contributed by atoms with E-state index in [1.165, 1.54) is 6.20 Å². The van der Waals surface area contributed by atoms with Crippen LogP contribution in [-0.4, -0.2) is 28.3 Å². The second-order valence-corrected chi connectivity index (χ2v) is 7.31. The van der Waals surface area contributed by atoms with Gasteiger partial charge in [-0.2, -0.15) is 0 Å². The lowest BCUT2D eigenvalue weighted by molar-refractivity contribution is 0.0695. The fourth-order valence-corrected chi connectivity index (χ4v) is 3.07. The van der Waals surface area contributed by atoms with E-state index < -0.39 is 22.8 Å². The third-order valence-electron chi connectivity index (χ3n) is 4.61. The first-order valence-corrected chi connectivity index (χ1v) is 8.78. The van der Waals surface area contributed by atoms with Crippen LogP contribution in [0.25, 0.3) is 10.9 Å². The summed E-state index contributed by atoms with van der Waals surface area (Å²) in [5, 5.41) is 9.15. The van der Waals surface area contributed by atoms with Crippen molar-refractivity contribution < 1.29 is 19.0 Å². The van der Waals surface area contributed by atoms with Gasteiger partial charge in [0.25, 0.3) is 0 Å². The van der Waals surface area contributed by atoms with Crippen molar-refractivity contribution in [3.8, 4) is 5.75 Å². The molecule has 1 saturated carbocycles. The standard InChI is InChI=1S/C18H20ClFN2O4/c1-8(2)13(21)7-26-17-12(20)5-10-15(14(17)19)22(9-3-4-9)6-11(16(10)23)18(24)25/h5-6,8-9,13H,3-4,7,21H2,1-2H3,(H,24,25). The van der Waals surface area contributed by atoms with Crippen molar-refractivity contribution in [2.75, 3.05) is 6.61 Å². The van der Waals surface area contributed by atoms with Gasteiger partial charge in [0.05, 0.1) is 10.9 Å². The summed E-state index contributed by atoms with van der Waals surface area (Å²) in [5.74, 6) is -2.21. The van der Waals surface area contributed by atoms with Crippen LogP contribution in [0.5, 0.6) is 5.75 Å². The van der Waals surface area contributed by atoms with Gasteiger partial charge in [-0.05, 0) is 24.8 Å². The van der Waals surface area contributed by atoms with Crippen molar-refractivity contribution in [3.05, 3.63) is 38.9 Å². The van der Waals surface area contributed by atoms with E-state index >= 15 is 0 Å². The molecule has 1 aromatic carbocycles. The van der Waals surface area contributed by atoms with Crippen LogP contribution in [-0.2, 0) is 0 Å². The van der Waals surface area contributed by atoms with Gasteiger partial charge >= 0.3 is 5.97 Å². The SMILES string of the molecule is CC(C)C(N)COc1c(F)cc2c(=O)c(C(=O)O)cn(C3CC3)c2c1Cl. The Morgan fingerprint density at radius 2 is 2.15 bits per heavy atom. The number of carboxylic acid groups (broad SMARTS) is 1. The van der Waals surface area contributed by atoms with Gasteiger partial charge in [-0.1, -0.05) is 25.4 Å². The average Bonchev–Trinajstić information content (AvgIpc) is 3.39. The molecule has 0 amide bonds. The van der Waals surface area contributed by atoms with Gasteiger partial charge in [0.15, 0.2) is 11.6 Å². The van der Waals surface area contributed by atoms with Crippen LogP contribution >= 0.6 is 11.6 Å². The third-order valence-corrected chi connectivity index (χ3v) is 4.96. The molecule has 0 aliphatic heterocycles. The molecule has 1 aliphatic carbocycles. The summed E-state index contributed by atoms with van der Waals surface area (Å²) in [6, 6.07) is 0.719. The van der Waals surface area contributed by atoms with E-state index in [1.807, 2.05) is 13.8 Å². The van der Waals surface area contributed by atoms with E-state index in [2.05, 4.69) is 0 Å². The van der Waals surface area contributed by atoms with Gasteiger partial charge in [0.1, 0.15) is 17.2 Å². The van der Waals surface area contributed by atoms with Crippen LogP contribution in [0.1, 0.15) is 43.1 Å². The number of fused-ring (bicyclic) bond motifs is 1. The Hall–Kier alpha value is -2.12. The molecule has 8 heteroatoms. The smallest absolute Gasteiger partial charge is 0.341 e. The summed E-state index contributed by atoms with van der Waals surface area (Å²) in [5.41, 5.74) is 5.05. The van der Waals surface area contributed by atoms with Crippen molar-refractivity contribution in [2.45, 2.75) is 38.8 Å². The van der Waals surface area contributed by atoms with E-state index in [1.54, 1.807) is 4.57 Å². The third kappa shape index (κ3) is 3.29. The number of nitrogens with two attached hydrogens (primary N) is 1. The first kappa shape index (κ1) is 18.7. The molecule has 0 bridgehead atoms. The predicted molar refractivity (Wildman–Crippen MR) is 96.7 cm³/mol. The van der Waals surface area contributed by atoms with Crippen LogP contribution in [0.3, 0.4) is 0 Å². The molecule has 1 aliphatic rings. The molecule has 2 aromatic rings. The second-order valence-electron chi connectivity index (χ2n) is 6.93. The van der Waals surface area contributed by atoms with Gasteiger partial charge in [0.2, 0.25) is 5.43 Å². The predicted octanol–water partition coefficient (Wildman–Crippen LogP) is 3.19. The number of halogens is 2. The van der Waals surface area contributed by atoms with Gasteiger partial charge in [-0.3, -0.25) is 4.79 Å². The first-order chi connectivity index (χ1) is 12.2. The highest BCUT2D eigenvalue weighted by atomic mass is 35.5. The van der Waals surface area contributed by atoms with Crippen molar-refractivity contribution in [2.24, 2.45) is 11.7 Å². The van der Waals surface area contributed by atoms with Crippen molar-refractivity contribution in [1.82, 2.24) is 4.57 Å². The number of carboxylic acids is 1. The maximum atomic E-state index is 14.5. The molecule has 0 spiro atoms. The highest BCUT2D eigenvalue weighted by Crippen LogP contribution is 2.41. The molecule has 26 heavy (non-hydrogen) atoms. The lowest BCUT2D eigenvalue weighted by atomic mass is 10.1. The van der Waals surface area contributed by atoms with Gasteiger partial charge < -0.3 is 20.1 Å². The molecule has 6 nitrogen and oxygen atoms in total. The lowest BCUT2D eigenvalue weighted by Gasteiger charge is -2.19. The quantitative estimate of drug-likeness (QED) is 0.800. The summed E-state index contributed by atoms with van der Waals surface area (Å²) in [6.45, 7) is 3.91. The zero-order valence-electron chi connectivity index (χ0n) is 14.5. The molecular weight excluding hydrogens is 363 g/mol. The molecule has 0 saturated heterocycles. The summed E-state index contributed by atoms with van der Waals surface area (Å²) in [4.78, 5) is 23.8. The fraction of sp³-hybridized carbons (Fsp3) is 0.444. The van der Waals surface area contributed by atoms with E-state index in [-0.39, 0.29) is 40.8 Å². The Labute approximate surface area is 154 Å². The minimum Gasteiger partial charge on any atom is -0.487 e. The molecule has 1 atom stereocenters. The number of nitrogens with zero attached hydrogens (tertiary/aromatic N) is 1. The van der Waals surface area contributed by atoms with Crippen molar-refractivity contribution in [1.29, 1.82) is 0 Å². The van der Waals surface area contributed by atoms with Gasteiger partial charge in [-0.25, -0.2) is 9.18 Å². The highest BCUT2D eigenvalue weighted by molar-refractivity contribution is 6.36. The zero-order valence-corrected chi connectivity index (χ0v) is 15.2. The summed E-state index contributed by atoms with van der Waals surface area (Å²) >= 11 is 6.38. The topological polar surface area (TPSA) is 94.6 Å². The summed E-state index contributed by atoms with van der Waals surface area (Å²) in [6.07, 6.45) is 2.94. The second kappa shape index (κ2) is 6.89. The number of aromatic carboxylic acids is 1. The molecule has 140 valence electrons.